The molecule has 1 aromatic rings. The van der Waals surface area contributed by atoms with Gasteiger partial charge in [-0.25, -0.2) is 0 Å². The number of anilines is 3. The lowest BCUT2D eigenvalue weighted by molar-refractivity contribution is 0.941. The van der Waals surface area contributed by atoms with Gasteiger partial charge in [0.25, 0.3) is 0 Å². The fourth-order valence-corrected chi connectivity index (χ4v) is 1.04. The van der Waals surface area contributed by atoms with Crippen molar-refractivity contribution in [2.75, 3.05) is 42.7 Å². The van der Waals surface area contributed by atoms with Crippen LogP contribution in [0.15, 0.2) is 0 Å². The van der Waals surface area contributed by atoms with E-state index in [-0.39, 0.29) is 0 Å². The zero-order valence-electron chi connectivity index (χ0n) is 9.70. The van der Waals surface area contributed by atoms with Gasteiger partial charge in [0.05, 0.1) is 0 Å². The van der Waals surface area contributed by atoms with Crippen molar-refractivity contribution in [2.45, 2.75) is 13.8 Å². The first-order valence-corrected chi connectivity index (χ1v) is 5.08. The van der Waals surface area contributed by atoms with Crippen LogP contribution in [0, 0.1) is 0 Å². The summed E-state index contributed by atoms with van der Waals surface area (Å²) in [6.45, 7) is 5.60. The van der Waals surface area contributed by atoms with Gasteiger partial charge in [0.1, 0.15) is 0 Å². The van der Waals surface area contributed by atoms with Gasteiger partial charge < -0.3 is 15.5 Å². The van der Waals surface area contributed by atoms with Gasteiger partial charge in [-0.1, -0.05) is 0 Å². The highest BCUT2D eigenvalue weighted by Gasteiger charge is 2.06. The minimum absolute atomic E-state index is 0.604. The first-order chi connectivity index (χ1) is 7.17. The molecule has 0 saturated carbocycles. The average Bonchev–Trinajstić information content (AvgIpc) is 2.18. The Kier molecular flexibility index (Phi) is 4.08. The van der Waals surface area contributed by atoms with Gasteiger partial charge in [-0.2, -0.15) is 15.0 Å². The van der Waals surface area contributed by atoms with E-state index in [2.05, 4.69) is 25.6 Å². The predicted molar refractivity (Wildman–Crippen MR) is 62.5 cm³/mol. The highest BCUT2D eigenvalue weighted by Crippen LogP contribution is 2.10. The first kappa shape index (κ1) is 11.5. The summed E-state index contributed by atoms with van der Waals surface area (Å²) in [5.74, 6) is 1.86. The summed E-state index contributed by atoms with van der Waals surface area (Å²) >= 11 is 0. The van der Waals surface area contributed by atoms with E-state index in [0.717, 1.165) is 13.1 Å². The SMILES string of the molecule is CCNc1nc(NCC)nc(N(C)C)n1. The van der Waals surface area contributed by atoms with Gasteiger partial charge >= 0.3 is 0 Å². The maximum absolute atomic E-state index is 4.26. The van der Waals surface area contributed by atoms with Gasteiger partial charge in [-0.15, -0.1) is 0 Å². The van der Waals surface area contributed by atoms with E-state index in [1.807, 2.05) is 32.8 Å². The third-order valence-corrected chi connectivity index (χ3v) is 1.69. The molecule has 1 aromatic heterocycles. The Labute approximate surface area is 90.1 Å². The normalized spacial score (nSPS) is 9.87. The van der Waals surface area contributed by atoms with Crippen molar-refractivity contribution in [2.24, 2.45) is 0 Å². The van der Waals surface area contributed by atoms with E-state index in [0.29, 0.717) is 17.8 Å². The summed E-state index contributed by atoms with van der Waals surface area (Å²) in [6.07, 6.45) is 0. The van der Waals surface area contributed by atoms with Gasteiger partial charge in [-0.3, -0.25) is 0 Å². The zero-order valence-corrected chi connectivity index (χ0v) is 9.70. The maximum Gasteiger partial charge on any atom is 0.231 e. The van der Waals surface area contributed by atoms with Crippen LogP contribution in [-0.2, 0) is 0 Å². The van der Waals surface area contributed by atoms with Crippen LogP contribution in [0.1, 0.15) is 13.8 Å². The van der Waals surface area contributed by atoms with Crippen LogP contribution in [0.2, 0.25) is 0 Å². The molecule has 1 heterocycles. The van der Waals surface area contributed by atoms with Crippen molar-refractivity contribution >= 4 is 17.8 Å². The predicted octanol–water partition coefficient (Wildman–Crippen LogP) is 0.801. The summed E-state index contributed by atoms with van der Waals surface area (Å²) in [6, 6.07) is 0. The van der Waals surface area contributed by atoms with Crippen LogP contribution in [0.25, 0.3) is 0 Å². The fourth-order valence-electron chi connectivity index (χ4n) is 1.04. The summed E-state index contributed by atoms with van der Waals surface area (Å²) < 4.78 is 0. The van der Waals surface area contributed by atoms with Crippen LogP contribution in [0.4, 0.5) is 17.8 Å². The molecule has 6 nitrogen and oxygen atoms in total. The largest absolute Gasteiger partial charge is 0.354 e. The molecular weight excluding hydrogens is 192 g/mol. The second-order valence-electron chi connectivity index (χ2n) is 3.24. The maximum atomic E-state index is 4.26. The molecule has 84 valence electrons. The monoisotopic (exact) mass is 210 g/mol. The van der Waals surface area contributed by atoms with Crippen molar-refractivity contribution in [1.29, 1.82) is 0 Å². The highest BCUT2D eigenvalue weighted by atomic mass is 15.3. The minimum Gasteiger partial charge on any atom is -0.354 e. The molecule has 0 fully saturated rings. The smallest absolute Gasteiger partial charge is 0.231 e. The van der Waals surface area contributed by atoms with Crippen molar-refractivity contribution < 1.29 is 0 Å². The number of rotatable bonds is 5. The first-order valence-electron chi connectivity index (χ1n) is 5.08. The summed E-state index contributed by atoms with van der Waals surface area (Å²) in [5, 5.41) is 6.15. The molecule has 6 heteroatoms. The second-order valence-corrected chi connectivity index (χ2v) is 3.24. The Morgan fingerprint density at radius 1 is 0.933 bits per heavy atom. The van der Waals surface area contributed by atoms with E-state index in [1.54, 1.807) is 0 Å². The Balaban J connectivity index is 2.97. The highest BCUT2D eigenvalue weighted by molar-refractivity contribution is 5.42. The summed E-state index contributed by atoms with van der Waals surface area (Å²) in [5.41, 5.74) is 0. The van der Waals surface area contributed by atoms with E-state index >= 15 is 0 Å². The van der Waals surface area contributed by atoms with Crippen molar-refractivity contribution in [3.8, 4) is 0 Å². The van der Waals surface area contributed by atoms with Crippen LogP contribution >= 0.6 is 0 Å². The van der Waals surface area contributed by atoms with Gasteiger partial charge in [0, 0.05) is 27.2 Å². The molecule has 0 bridgehead atoms. The second kappa shape index (κ2) is 5.33. The van der Waals surface area contributed by atoms with Crippen molar-refractivity contribution in [3.63, 3.8) is 0 Å². The van der Waals surface area contributed by atoms with E-state index in [9.17, 15) is 0 Å². The Bertz CT molecular complexity index is 287. The molecule has 0 atom stereocenters. The number of hydrogen-bond donors (Lipinski definition) is 2. The molecule has 15 heavy (non-hydrogen) atoms. The standard InChI is InChI=1S/C9H18N6/c1-5-10-7-12-8(11-6-2)14-9(13-7)15(3)4/h5-6H2,1-4H3,(H2,10,11,12,13,14). The van der Waals surface area contributed by atoms with Crippen LogP contribution in [0.5, 0.6) is 0 Å². The molecule has 0 spiro atoms. The third-order valence-electron chi connectivity index (χ3n) is 1.69. The lowest BCUT2D eigenvalue weighted by Crippen LogP contribution is -2.17. The Morgan fingerprint density at radius 2 is 1.40 bits per heavy atom. The molecular formula is C9H18N6. The van der Waals surface area contributed by atoms with Crippen molar-refractivity contribution in [1.82, 2.24) is 15.0 Å². The number of nitrogens with zero attached hydrogens (tertiary/aromatic N) is 4. The third kappa shape index (κ3) is 3.23. The van der Waals surface area contributed by atoms with Gasteiger partial charge in [-0.05, 0) is 13.8 Å². The molecule has 2 N–H and O–H groups in total. The molecule has 1 rings (SSSR count). The minimum atomic E-state index is 0.604. The van der Waals surface area contributed by atoms with Gasteiger partial charge in [0.15, 0.2) is 0 Å². The number of aromatic nitrogens is 3. The summed E-state index contributed by atoms with van der Waals surface area (Å²) in [7, 11) is 3.81. The topological polar surface area (TPSA) is 66.0 Å². The molecule has 0 unspecified atom stereocenters. The van der Waals surface area contributed by atoms with Crippen LogP contribution < -0.4 is 15.5 Å². The van der Waals surface area contributed by atoms with E-state index in [1.165, 1.54) is 0 Å². The Morgan fingerprint density at radius 3 is 1.73 bits per heavy atom. The van der Waals surface area contributed by atoms with E-state index < -0.39 is 0 Å². The summed E-state index contributed by atoms with van der Waals surface area (Å²) in [4.78, 5) is 14.6. The number of nitrogens with one attached hydrogen (secondary N) is 2. The Hall–Kier alpha value is -1.59. The molecule has 0 aliphatic heterocycles. The van der Waals surface area contributed by atoms with Gasteiger partial charge in [0.2, 0.25) is 17.8 Å². The number of hydrogen-bond acceptors (Lipinski definition) is 6. The molecule has 0 radical (unpaired) electrons. The van der Waals surface area contributed by atoms with Crippen molar-refractivity contribution in [3.05, 3.63) is 0 Å². The molecule has 0 aliphatic carbocycles. The molecule has 0 aromatic carbocycles. The average molecular weight is 210 g/mol. The molecule has 0 saturated heterocycles. The van der Waals surface area contributed by atoms with Crippen LogP contribution in [-0.4, -0.2) is 42.1 Å². The lowest BCUT2D eigenvalue weighted by atomic mass is 10.7. The zero-order chi connectivity index (χ0) is 11.3. The fraction of sp³-hybridized carbons (Fsp3) is 0.667. The van der Waals surface area contributed by atoms with E-state index in [4.69, 9.17) is 0 Å². The van der Waals surface area contributed by atoms with Crippen LogP contribution in [0.3, 0.4) is 0 Å². The molecule has 0 aliphatic rings. The quantitative estimate of drug-likeness (QED) is 0.749. The molecule has 0 amide bonds. The lowest BCUT2D eigenvalue weighted by Gasteiger charge is -2.13.